The Kier molecular flexibility index (Phi) is 2.60. The van der Waals surface area contributed by atoms with Gasteiger partial charge in [0.25, 0.3) is 0 Å². The molecule has 0 aromatic carbocycles. The van der Waals surface area contributed by atoms with Crippen molar-refractivity contribution in [1.29, 1.82) is 0 Å². The van der Waals surface area contributed by atoms with Gasteiger partial charge in [-0.1, -0.05) is 25.5 Å². The van der Waals surface area contributed by atoms with Gasteiger partial charge in [0.15, 0.2) is 0 Å². The van der Waals surface area contributed by atoms with Gasteiger partial charge >= 0.3 is 5.97 Å². The molecule has 2 fully saturated rings. The number of fused-ring (bicyclic) bond motifs is 3. The zero-order valence-corrected chi connectivity index (χ0v) is 11.3. The van der Waals surface area contributed by atoms with Crippen molar-refractivity contribution in [2.75, 3.05) is 0 Å². The summed E-state index contributed by atoms with van der Waals surface area (Å²) in [5.41, 5.74) is 1.17. The summed E-state index contributed by atoms with van der Waals surface area (Å²) in [5.74, 6) is 0.506. The van der Waals surface area contributed by atoms with Gasteiger partial charge in [0, 0.05) is 17.3 Å². The maximum absolute atomic E-state index is 11.8. The van der Waals surface area contributed by atoms with Gasteiger partial charge in [-0.3, -0.25) is 4.79 Å². The molecular weight excluding hydrogens is 228 g/mol. The number of rotatable bonds is 0. The van der Waals surface area contributed by atoms with Crippen molar-refractivity contribution >= 4 is 5.97 Å². The zero-order valence-electron chi connectivity index (χ0n) is 11.3. The van der Waals surface area contributed by atoms with Crippen LogP contribution in [0.1, 0.15) is 40.0 Å². The molecule has 100 valence electrons. The fourth-order valence-corrected chi connectivity index (χ4v) is 4.37. The van der Waals surface area contributed by atoms with E-state index >= 15 is 0 Å². The maximum atomic E-state index is 11.8. The highest BCUT2D eigenvalue weighted by atomic mass is 16.6. The molecule has 0 amide bonds. The predicted octanol–water partition coefficient (Wildman–Crippen LogP) is 2.29. The Morgan fingerprint density at radius 2 is 2.22 bits per heavy atom. The molecule has 1 saturated carbocycles. The van der Waals surface area contributed by atoms with Gasteiger partial charge in [-0.2, -0.15) is 0 Å². The first kappa shape index (κ1) is 12.2. The predicted molar refractivity (Wildman–Crippen MR) is 67.7 cm³/mol. The summed E-state index contributed by atoms with van der Waals surface area (Å²) in [5, 5.41) is 10.3. The third-order valence-electron chi connectivity index (χ3n) is 5.66. The van der Waals surface area contributed by atoms with Gasteiger partial charge in [-0.25, -0.2) is 0 Å². The lowest BCUT2D eigenvalue weighted by Gasteiger charge is -2.51. The van der Waals surface area contributed by atoms with Crippen LogP contribution in [0.15, 0.2) is 11.6 Å². The molecular formula is C15H22O3. The number of carbonyl (C=O) groups excluding carboxylic acids is 1. The molecule has 1 N–H and O–H groups in total. The smallest absolute Gasteiger partial charge is 0.309 e. The Bertz CT molecular complexity index is 414. The Balaban J connectivity index is 2.00. The topological polar surface area (TPSA) is 46.5 Å². The molecule has 1 saturated heterocycles. The lowest BCUT2D eigenvalue weighted by molar-refractivity contribution is -0.151. The Hall–Kier alpha value is -0.830. The van der Waals surface area contributed by atoms with E-state index in [1.807, 2.05) is 6.92 Å². The van der Waals surface area contributed by atoms with Crippen molar-refractivity contribution < 1.29 is 14.6 Å². The van der Waals surface area contributed by atoms with E-state index < -0.39 is 0 Å². The van der Waals surface area contributed by atoms with Crippen LogP contribution in [0, 0.1) is 23.2 Å². The summed E-state index contributed by atoms with van der Waals surface area (Å²) in [7, 11) is 0. The van der Waals surface area contributed by atoms with Crippen LogP contribution in [0.4, 0.5) is 0 Å². The van der Waals surface area contributed by atoms with Gasteiger partial charge in [0.2, 0.25) is 0 Å². The van der Waals surface area contributed by atoms with E-state index in [-0.39, 0.29) is 35.4 Å². The monoisotopic (exact) mass is 250 g/mol. The van der Waals surface area contributed by atoms with Crippen molar-refractivity contribution in [2.45, 2.75) is 52.2 Å². The maximum Gasteiger partial charge on any atom is 0.309 e. The molecule has 3 heteroatoms. The highest BCUT2D eigenvalue weighted by Crippen LogP contribution is 2.56. The lowest BCUT2D eigenvalue weighted by atomic mass is 9.55. The summed E-state index contributed by atoms with van der Waals surface area (Å²) in [6.45, 7) is 6.26. The van der Waals surface area contributed by atoms with Crippen molar-refractivity contribution in [3.8, 4) is 0 Å². The number of carbonyl (C=O) groups is 1. The molecule has 3 aliphatic rings. The van der Waals surface area contributed by atoms with Crippen LogP contribution in [0.25, 0.3) is 0 Å². The first-order chi connectivity index (χ1) is 8.45. The van der Waals surface area contributed by atoms with Crippen molar-refractivity contribution in [3.63, 3.8) is 0 Å². The minimum Gasteiger partial charge on any atom is -0.461 e. The fourth-order valence-electron chi connectivity index (χ4n) is 4.37. The molecule has 0 spiro atoms. The molecule has 1 heterocycles. The van der Waals surface area contributed by atoms with Crippen LogP contribution in [0.3, 0.4) is 0 Å². The minimum absolute atomic E-state index is 0.0163. The molecule has 0 aromatic rings. The van der Waals surface area contributed by atoms with Gasteiger partial charge in [0.1, 0.15) is 6.10 Å². The van der Waals surface area contributed by atoms with Crippen molar-refractivity contribution in [2.24, 2.45) is 23.2 Å². The van der Waals surface area contributed by atoms with Gasteiger partial charge in [-0.15, -0.1) is 0 Å². The number of aliphatic hydroxyl groups excluding tert-OH is 1. The molecule has 18 heavy (non-hydrogen) atoms. The fraction of sp³-hybridized carbons (Fsp3) is 0.800. The molecule has 1 aliphatic heterocycles. The van der Waals surface area contributed by atoms with E-state index in [0.717, 1.165) is 19.3 Å². The summed E-state index contributed by atoms with van der Waals surface area (Å²) in [6.07, 6.45) is 4.52. The third-order valence-corrected chi connectivity index (χ3v) is 5.66. The van der Waals surface area contributed by atoms with E-state index in [4.69, 9.17) is 4.74 Å². The Morgan fingerprint density at radius 3 is 2.94 bits per heavy atom. The second-order valence-corrected chi connectivity index (χ2v) is 6.58. The second-order valence-electron chi connectivity index (χ2n) is 6.58. The average molecular weight is 250 g/mol. The highest BCUT2D eigenvalue weighted by molar-refractivity contribution is 5.75. The summed E-state index contributed by atoms with van der Waals surface area (Å²) in [4.78, 5) is 11.8. The number of hydrogen-bond donors (Lipinski definition) is 1. The van der Waals surface area contributed by atoms with Crippen LogP contribution >= 0.6 is 0 Å². The van der Waals surface area contributed by atoms with Crippen LogP contribution in [0.2, 0.25) is 0 Å². The molecule has 2 aliphatic carbocycles. The first-order valence-electron chi connectivity index (χ1n) is 7.00. The van der Waals surface area contributed by atoms with Gasteiger partial charge < -0.3 is 9.84 Å². The minimum atomic E-state index is -0.304. The van der Waals surface area contributed by atoms with Crippen LogP contribution in [-0.4, -0.2) is 23.3 Å². The van der Waals surface area contributed by atoms with E-state index in [0.29, 0.717) is 5.92 Å². The molecule has 0 bridgehead atoms. The largest absolute Gasteiger partial charge is 0.461 e. The molecule has 6 atom stereocenters. The quantitative estimate of drug-likeness (QED) is 0.530. The molecule has 0 unspecified atom stereocenters. The van der Waals surface area contributed by atoms with Gasteiger partial charge in [-0.05, 0) is 26.2 Å². The summed E-state index contributed by atoms with van der Waals surface area (Å²) >= 11 is 0. The second kappa shape index (κ2) is 3.83. The van der Waals surface area contributed by atoms with Crippen molar-refractivity contribution in [1.82, 2.24) is 0 Å². The average Bonchev–Trinajstić information content (AvgIpc) is 2.60. The summed E-state index contributed by atoms with van der Waals surface area (Å²) < 4.78 is 5.64. The van der Waals surface area contributed by atoms with E-state index in [1.54, 1.807) is 0 Å². The number of aliphatic hydroxyl groups is 1. The van der Waals surface area contributed by atoms with E-state index in [2.05, 4.69) is 19.9 Å². The molecule has 3 nitrogen and oxygen atoms in total. The number of ether oxygens (including phenoxy) is 1. The molecule has 0 radical (unpaired) electrons. The molecule has 3 rings (SSSR count). The SMILES string of the molecule is CC1=CC[C@@H](O)[C@@]2(C)CC[C@@H]3[C@@H](OC(=O)[C@H]3C)[C@H]12. The highest BCUT2D eigenvalue weighted by Gasteiger charge is 2.58. The van der Waals surface area contributed by atoms with Crippen LogP contribution in [0.5, 0.6) is 0 Å². The lowest BCUT2D eigenvalue weighted by Crippen LogP contribution is -2.52. The van der Waals surface area contributed by atoms with Crippen molar-refractivity contribution in [3.05, 3.63) is 11.6 Å². The van der Waals surface area contributed by atoms with Crippen LogP contribution in [-0.2, 0) is 9.53 Å². The number of esters is 1. The molecule has 0 aromatic heterocycles. The Morgan fingerprint density at radius 1 is 1.50 bits per heavy atom. The van der Waals surface area contributed by atoms with E-state index in [1.165, 1.54) is 5.57 Å². The first-order valence-corrected chi connectivity index (χ1v) is 7.00. The van der Waals surface area contributed by atoms with Crippen LogP contribution < -0.4 is 0 Å². The normalized spacial score (nSPS) is 51.2. The standard InChI is InChI=1S/C15H22O3/c1-8-4-5-11(16)15(3)7-6-10-9(2)14(17)18-13(10)12(8)15/h4,9-13,16H,5-7H2,1-3H3/t9-,10-,11+,12-,13+,15+/m0/s1. The Labute approximate surface area is 108 Å². The third kappa shape index (κ3) is 1.43. The van der Waals surface area contributed by atoms with E-state index in [9.17, 15) is 9.90 Å². The zero-order chi connectivity index (χ0) is 13.1. The summed E-state index contributed by atoms with van der Waals surface area (Å²) in [6, 6.07) is 0. The number of hydrogen-bond acceptors (Lipinski definition) is 3. The van der Waals surface area contributed by atoms with Gasteiger partial charge in [0.05, 0.1) is 12.0 Å².